The Hall–Kier alpha value is -3.43. The van der Waals surface area contributed by atoms with Crippen molar-refractivity contribution in [3.63, 3.8) is 0 Å². The Morgan fingerprint density at radius 1 is 0.933 bits per heavy atom. The monoisotopic (exact) mass is 426 g/mol. The maximum absolute atomic E-state index is 14.1. The van der Waals surface area contributed by atoms with Gasteiger partial charge in [0.1, 0.15) is 5.82 Å². The van der Waals surface area contributed by atoms with Gasteiger partial charge in [0.25, 0.3) is 5.56 Å². The van der Waals surface area contributed by atoms with Gasteiger partial charge in [-0.05, 0) is 29.3 Å². The molecular weight excluding hydrogens is 411 g/mol. The van der Waals surface area contributed by atoms with E-state index in [0.717, 1.165) is 19.2 Å². The van der Waals surface area contributed by atoms with Crippen LogP contribution in [0, 0.1) is 29.1 Å². The van der Waals surface area contributed by atoms with E-state index in [1.807, 2.05) is 0 Å². The molecule has 0 saturated heterocycles. The molecule has 2 aromatic carbocycles. The van der Waals surface area contributed by atoms with Crippen LogP contribution in [0.15, 0.2) is 35.1 Å². The van der Waals surface area contributed by atoms with Crippen LogP contribution in [0.25, 0.3) is 0 Å². The predicted molar refractivity (Wildman–Crippen MR) is 95.4 cm³/mol. The lowest BCUT2D eigenvalue weighted by Gasteiger charge is -2.17. The standard InChI is InChI=1S/C20H15F5N2O3/c1-30-18(28)7-11(9-2-3-12(21)14(23)4-9)19-17(26-27-20(19)29)6-10-5-15(24)16(25)8-13(10)22/h2-5,8,11H,6-7H2,1H3,(H2,26,27,29). The average molecular weight is 426 g/mol. The number of esters is 1. The SMILES string of the molecule is COC(=O)CC(c1ccc(F)c(F)c1)c1c(Cc2cc(F)c(F)cc2F)[nH][nH]c1=O. The van der Waals surface area contributed by atoms with E-state index in [-0.39, 0.29) is 28.8 Å². The van der Waals surface area contributed by atoms with Gasteiger partial charge >= 0.3 is 5.97 Å². The molecule has 1 heterocycles. The lowest BCUT2D eigenvalue weighted by molar-refractivity contribution is -0.140. The Bertz CT molecular complexity index is 1160. The first-order chi connectivity index (χ1) is 14.2. The average Bonchev–Trinajstić information content (AvgIpc) is 3.06. The number of methoxy groups -OCH3 is 1. The first-order valence-corrected chi connectivity index (χ1v) is 8.65. The van der Waals surface area contributed by atoms with Gasteiger partial charge in [0.15, 0.2) is 23.3 Å². The second-order valence-corrected chi connectivity index (χ2v) is 6.51. The fourth-order valence-electron chi connectivity index (χ4n) is 3.17. The zero-order chi connectivity index (χ0) is 22.0. The maximum atomic E-state index is 14.1. The maximum Gasteiger partial charge on any atom is 0.306 e. The molecule has 1 aromatic heterocycles. The van der Waals surface area contributed by atoms with Crippen LogP contribution in [-0.4, -0.2) is 23.3 Å². The summed E-state index contributed by atoms with van der Waals surface area (Å²) >= 11 is 0. The number of aromatic amines is 2. The first-order valence-electron chi connectivity index (χ1n) is 8.65. The van der Waals surface area contributed by atoms with Gasteiger partial charge in [-0.25, -0.2) is 22.0 Å². The van der Waals surface area contributed by atoms with Gasteiger partial charge in [-0.15, -0.1) is 0 Å². The van der Waals surface area contributed by atoms with Crippen LogP contribution >= 0.6 is 0 Å². The summed E-state index contributed by atoms with van der Waals surface area (Å²) in [5, 5.41) is 4.79. The highest BCUT2D eigenvalue weighted by atomic mass is 19.2. The summed E-state index contributed by atoms with van der Waals surface area (Å²) in [6.45, 7) is 0. The van der Waals surface area contributed by atoms with Crippen LogP contribution < -0.4 is 5.56 Å². The lowest BCUT2D eigenvalue weighted by Crippen LogP contribution is -2.18. The molecule has 10 heteroatoms. The smallest absolute Gasteiger partial charge is 0.306 e. The number of halogens is 5. The Balaban J connectivity index is 2.09. The molecule has 0 aliphatic heterocycles. The summed E-state index contributed by atoms with van der Waals surface area (Å²) in [4.78, 5) is 24.3. The quantitative estimate of drug-likeness (QED) is 0.359. The van der Waals surface area contributed by atoms with E-state index in [1.54, 1.807) is 0 Å². The van der Waals surface area contributed by atoms with Gasteiger partial charge in [0.2, 0.25) is 0 Å². The molecule has 30 heavy (non-hydrogen) atoms. The van der Waals surface area contributed by atoms with Crippen molar-refractivity contribution in [1.82, 2.24) is 10.2 Å². The third kappa shape index (κ3) is 4.27. The number of hydrogen-bond donors (Lipinski definition) is 2. The molecule has 0 radical (unpaired) electrons. The Labute approximate surface area is 166 Å². The number of rotatable bonds is 6. The van der Waals surface area contributed by atoms with Crippen LogP contribution in [0.4, 0.5) is 22.0 Å². The number of carbonyl (C=O) groups excluding carboxylic acids is 1. The highest BCUT2D eigenvalue weighted by molar-refractivity contribution is 5.71. The second kappa shape index (κ2) is 8.52. The topological polar surface area (TPSA) is 75.0 Å². The van der Waals surface area contributed by atoms with Crippen molar-refractivity contribution in [3.8, 4) is 0 Å². The van der Waals surface area contributed by atoms with Crippen LogP contribution in [0.3, 0.4) is 0 Å². The molecular formula is C20H15F5N2O3. The van der Waals surface area contributed by atoms with Crippen LogP contribution in [0.2, 0.25) is 0 Å². The molecule has 0 aliphatic carbocycles. The molecule has 3 aromatic rings. The molecule has 3 rings (SSSR count). The zero-order valence-electron chi connectivity index (χ0n) is 15.5. The van der Waals surface area contributed by atoms with Gasteiger partial charge in [0.05, 0.1) is 13.5 Å². The number of ether oxygens (including phenoxy) is 1. The van der Waals surface area contributed by atoms with E-state index in [4.69, 9.17) is 0 Å². The fourth-order valence-corrected chi connectivity index (χ4v) is 3.17. The minimum Gasteiger partial charge on any atom is -0.469 e. The van der Waals surface area contributed by atoms with E-state index in [1.165, 1.54) is 6.07 Å². The van der Waals surface area contributed by atoms with Crippen molar-refractivity contribution in [2.45, 2.75) is 18.8 Å². The Morgan fingerprint density at radius 2 is 1.60 bits per heavy atom. The summed E-state index contributed by atoms with van der Waals surface area (Å²) in [5.41, 5.74) is -0.880. The van der Waals surface area contributed by atoms with Gasteiger partial charge in [0, 0.05) is 29.7 Å². The van der Waals surface area contributed by atoms with E-state index in [9.17, 15) is 31.5 Å². The molecule has 2 N–H and O–H groups in total. The van der Waals surface area contributed by atoms with Crippen molar-refractivity contribution < 1.29 is 31.5 Å². The highest BCUT2D eigenvalue weighted by Gasteiger charge is 2.27. The van der Waals surface area contributed by atoms with Gasteiger partial charge in [-0.3, -0.25) is 14.7 Å². The molecule has 0 amide bonds. The van der Waals surface area contributed by atoms with Crippen molar-refractivity contribution in [2.24, 2.45) is 0 Å². The number of nitrogens with one attached hydrogen (secondary N) is 2. The Morgan fingerprint density at radius 3 is 2.27 bits per heavy atom. The number of H-pyrrole nitrogens is 2. The minimum atomic E-state index is -1.37. The van der Waals surface area contributed by atoms with E-state index >= 15 is 0 Å². The molecule has 0 bridgehead atoms. The number of aromatic nitrogens is 2. The molecule has 1 unspecified atom stereocenters. The van der Waals surface area contributed by atoms with Gasteiger partial charge in [-0.2, -0.15) is 0 Å². The van der Waals surface area contributed by atoms with Crippen LogP contribution in [-0.2, 0) is 16.0 Å². The molecule has 1 atom stereocenters. The fraction of sp³-hybridized carbons (Fsp3) is 0.200. The number of hydrogen-bond acceptors (Lipinski definition) is 3. The summed E-state index contributed by atoms with van der Waals surface area (Å²) in [5.74, 6) is -7.83. The van der Waals surface area contributed by atoms with Crippen LogP contribution in [0.5, 0.6) is 0 Å². The van der Waals surface area contributed by atoms with Gasteiger partial charge < -0.3 is 9.84 Å². The molecule has 0 saturated carbocycles. The van der Waals surface area contributed by atoms with Crippen molar-refractivity contribution in [1.29, 1.82) is 0 Å². The van der Waals surface area contributed by atoms with Gasteiger partial charge in [-0.1, -0.05) is 6.07 Å². The minimum absolute atomic E-state index is 0.0588. The number of benzene rings is 2. The number of carbonyl (C=O) groups is 1. The second-order valence-electron chi connectivity index (χ2n) is 6.51. The zero-order valence-corrected chi connectivity index (χ0v) is 15.5. The molecule has 0 spiro atoms. The van der Waals surface area contributed by atoms with E-state index < -0.39 is 53.0 Å². The summed E-state index contributed by atoms with van der Waals surface area (Å²) in [6, 6.07) is 3.88. The Kier molecular flexibility index (Phi) is 6.04. The van der Waals surface area contributed by atoms with Crippen molar-refractivity contribution in [2.75, 3.05) is 7.11 Å². The molecule has 0 aliphatic rings. The molecule has 158 valence electrons. The van der Waals surface area contributed by atoms with Crippen molar-refractivity contribution in [3.05, 3.63) is 92.2 Å². The molecule has 0 fully saturated rings. The third-order valence-corrected chi connectivity index (χ3v) is 4.65. The van der Waals surface area contributed by atoms with Crippen molar-refractivity contribution >= 4 is 5.97 Å². The predicted octanol–water partition coefficient (Wildman–Crippen LogP) is 3.68. The highest BCUT2D eigenvalue weighted by Crippen LogP contribution is 2.30. The summed E-state index contributed by atoms with van der Waals surface area (Å²) in [6.07, 6.45) is -0.770. The summed E-state index contributed by atoms with van der Waals surface area (Å²) < 4.78 is 72.5. The normalized spacial score (nSPS) is 12.1. The summed E-state index contributed by atoms with van der Waals surface area (Å²) in [7, 11) is 1.11. The largest absolute Gasteiger partial charge is 0.469 e. The van der Waals surface area contributed by atoms with Crippen LogP contribution in [0.1, 0.15) is 34.7 Å². The molecule has 5 nitrogen and oxygen atoms in total. The lowest BCUT2D eigenvalue weighted by atomic mass is 9.87. The third-order valence-electron chi connectivity index (χ3n) is 4.65. The van der Waals surface area contributed by atoms with E-state index in [2.05, 4.69) is 14.9 Å². The van der Waals surface area contributed by atoms with E-state index in [0.29, 0.717) is 12.1 Å². The first kappa shape index (κ1) is 21.3.